The van der Waals surface area contributed by atoms with E-state index in [4.69, 9.17) is 8.92 Å². The summed E-state index contributed by atoms with van der Waals surface area (Å²) in [5, 5.41) is 0. The van der Waals surface area contributed by atoms with Gasteiger partial charge in [-0.1, -0.05) is 29.8 Å². The number of benzene rings is 2. The number of hydrogen-bond acceptors (Lipinski definition) is 5. The predicted octanol–water partition coefficient (Wildman–Crippen LogP) is 3.37. The largest absolute Gasteiger partial charge is 0.493 e. The van der Waals surface area contributed by atoms with Crippen LogP contribution in [0.5, 0.6) is 11.5 Å². The van der Waals surface area contributed by atoms with Gasteiger partial charge in [0.2, 0.25) is 0 Å². The summed E-state index contributed by atoms with van der Waals surface area (Å²) in [7, 11) is -2.54. The molecule has 2 aromatic rings. The van der Waals surface area contributed by atoms with Crippen molar-refractivity contribution in [3.05, 3.63) is 59.7 Å². The van der Waals surface area contributed by atoms with E-state index in [1.54, 1.807) is 30.3 Å². The Morgan fingerprint density at radius 3 is 2.29 bits per heavy atom. The monoisotopic (exact) mass is 346 g/mol. The van der Waals surface area contributed by atoms with Gasteiger partial charge in [0.15, 0.2) is 17.3 Å². The maximum absolute atomic E-state index is 12.3. The molecule has 0 aliphatic carbocycles. The van der Waals surface area contributed by atoms with E-state index in [2.05, 4.69) is 0 Å². The van der Waals surface area contributed by atoms with Crippen molar-refractivity contribution >= 4 is 22.0 Å². The zero-order chi connectivity index (χ0) is 17.7. The van der Waals surface area contributed by atoms with Crippen LogP contribution in [0.25, 0.3) is 6.08 Å². The van der Waals surface area contributed by atoms with Crippen LogP contribution in [-0.4, -0.2) is 21.3 Å². The Balaban J connectivity index is 2.31. The Hall–Kier alpha value is -2.60. The molecule has 6 heteroatoms. The number of aryl methyl sites for hydroxylation is 1. The zero-order valence-electron chi connectivity index (χ0n) is 13.6. The van der Waals surface area contributed by atoms with Crippen molar-refractivity contribution in [1.29, 1.82) is 0 Å². The highest BCUT2D eigenvalue weighted by Gasteiger charge is 2.19. The number of rotatable bonds is 6. The molecule has 0 bridgehead atoms. The lowest BCUT2D eigenvalue weighted by atomic mass is 10.2. The van der Waals surface area contributed by atoms with E-state index in [0.717, 1.165) is 5.56 Å². The third kappa shape index (κ3) is 4.45. The van der Waals surface area contributed by atoms with Gasteiger partial charge >= 0.3 is 10.1 Å². The van der Waals surface area contributed by atoms with Gasteiger partial charge in [-0.2, -0.15) is 8.42 Å². The highest BCUT2D eigenvalue weighted by Crippen LogP contribution is 2.31. The predicted molar refractivity (Wildman–Crippen MR) is 91.7 cm³/mol. The van der Waals surface area contributed by atoms with Gasteiger partial charge in [0.05, 0.1) is 7.11 Å². The van der Waals surface area contributed by atoms with Gasteiger partial charge in [0.25, 0.3) is 0 Å². The summed E-state index contributed by atoms with van der Waals surface area (Å²) in [5.74, 6) is 0.255. The van der Waals surface area contributed by atoms with E-state index in [1.165, 1.54) is 38.3 Å². The number of allylic oxidation sites excluding steroid dienone is 1. The van der Waals surface area contributed by atoms with Crippen LogP contribution in [0.1, 0.15) is 18.1 Å². The van der Waals surface area contributed by atoms with Gasteiger partial charge in [-0.3, -0.25) is 4.79 Å². The van der Waals surface area contributed by atoms with E-state index in [9.17, 15) is 13.2 Å². The second-order valence-electron chi connectivity index (χ2n) is 5.20. The Labute approximate surface area is 141 Å². The van der Waals surface area contributed by atoms with Gasteiger partial charge < -0.3 is 8.92 Å². The summed E-state index contributed by atoms with van der Waals surface area (Å²) in [5.41, 5.74) is 1.65. The molecule has 5 nitrogen and oxygen atoms in total. The molecule has 0 saturated heterocycles. The Morgan fingerprint density at radius 2 is 1.71 bits per heavy atom. The van der Waals surface area contributed by atoms with E-state index >= 15 is 0 Å². The maximum Gasteiger partial charge on any atom is 0.339 e. The molecule has 0 atom stereocenters. The molecule has 0 unspecified atom stereocenters. The first-order valence-electron chi connectivity index (χ1n) is 7.19. The number of carbonyl (C=O) groups is 1. The van der Waals surface area contributed by atoms with Gasteiger partial charge in [-0.15, -0.1) is 0 Å². The number of hydrogen-bond donors (Lipinski definition) is 0. The summed E-state index contributed by atoms with van der Waals surface area (Å²) in [4.78, 5) is 11.1. The quantitative estimate of drug-likeness (QED) is 0.592. The van der Waals surface area contributed by atoms with Gasteiger partial charge in [0.1, 0.15) is 4.90 Å². The third-order valence-corrected chi connectivity index (χ3v) is 4.46. The molecule has 24 heavy (non-hydrogen) atoms. The van der Waals surface area contributed by atoms with Crippen molar-refractivity contribution in [3.63, 3.8) is 0 Å². The van der Waals surface area contributed by atoms with Gasteiger partial charge in [-0.25, -0.2) is 0 Å². The second-order valence-corrected chi connectivity index (χ2v) is 6.75. The van der Waals surface area contributed by atoms with Crippen molar-refractivity contribution in [1.82, 2.24) is 0 Å². The van der Waals surface area contributed by atoms with Crippen LogP contribution in [0.3, 0.4) is 0 Å². The number of carbonyl (C=O) groups excluding carboxylic acids is 1. The van der Waals surface area contributed by atoms with Crippen LogP contribution in [0.4, 0.5) is 0 Å². The van der Waals surface area contributed by atoms with E-state index in [1.807, 2.05) is 6.92 Å². The fourth-order valence-corrected chi connectivity index (χ4v) is 2.88. The van der Waals surface area contributed by atoms with Crippen LogP contribution in [0.2, 0.25) is 0 Å². The van der Waals surface area contributed by atoms with Gasteiger partial charge in [-0.05, 0) is 49.8 Å². The molecule has 0 amide bonds. The van der Waals surface area contributed by atoms with Crippen molar-refractivity contribution in [3.8, 4) is 11.5 Å². The highest BCUT2D eigenvalue weighted by atomic mass is 32.2. The first kappa shape index (κ1) is 17.7. The molecule has 0 fully saturated rings. The second kappa shape index (κ2) is 7.31. The molecule has 126 valence electrons. The average molecular weight is 346 g/mol. The standard InChI is InChI=1S/C18H18O5S/c1-13-4-9-16(10-5-13)24(20,21)23-17-11-8-15(7-6-14(2)19)12-18(17)22-3/h4-12H,1-3H3/b7-6+. The zero-order valence-corrected chi connectivity index (χ0v) is 14.5. The molecule has 0 aliphatic rings. The van der Waals surface area contributed by atoms with Gasteiger partial charge in [0, 0.05) is 0 Å². The fourth-order valence-electron chi connectivity index (χ4n) is 1.94. The van der Waals surface area contributed by atoms with Crippen LogP contribution in [-0.2, 0) is 14.9 Å². The summed E-state index contributed by atoms with van der Waals surface area (Å²) >= 11 is 0. The summed E-state index contributed by atoms with van der Waals surface area (Å²) < 4.78 is 35.1. The number of methoxy groups -OCH3 is 1. The van der Waals surface area contributed by atoms with Crippen LogP contribution >= 0.6 is 0 Å². The Kier molecular flexibility index (Phi) is 5.41. The highest BCUT2D eigenvalue weighted by molar-refractivity contribution is 7.87. The summed E-state index contributed by atoms with van der Waals surface area (Å²) in [6.07, 6.45) is 3.03. The van der Waals surface area contributed by atoms with Crippen molar-refractivity contribution in [2.75, 3.05) is 7.11 Å². The van der Waals surface area contributed by atoms with Crippen molar-refractivity contribution < 1.29 is 22.1 Å². The lowest BCUT2D eigenvalue weighted by molar-refractivity contribution is -0.112. The average Bonchev–Trinajstić information content (AvgIpc) is 2.54. The number of ketones is 1. The van der Waals surface area contributed by atoms with E-state index in [0.29, 0.717) is 5.56 Å². The lowest BCUT2D eigenvalue weighted by Gasteiger charge is -2.11. The number of ether oxygens (including phenoxy) is 1. The lowest BCUT2D eigenvalue weighted by Crippen LogP contribution is -2.10. The summed E-state index contributed by atoms with van der Waals surface area (Å²) in [6, 6.07) is 11.1. The molecule has 0 aromatic heterocycles. The molecule has 0 heterocycles. The SMILES string of the molecule is COc1cc(/C=C/C(C)=O)ccc1OS(=O)(=O)c1ccc(C)cc1. The molecule has 0 spiro atoms. The van der Waals surface area contributed by atoms with Crippen molar-refractivity contribution in [2.24, 2.45) is 0 Å². The molecular formula is C18H18O5S. The molecule has 0 aliphatic heterocycles. The molecule has 0 N–H and O–H groups in total. The van der Waals surface area contributed by atoms with Crippen molar-refractivity contribution in [2.45, 2.75) is 18.7 Å². The van der Waals surface area contributed by atoms with Crippen LogP contribution < -0.4 is 8.92 Å². The topological polar surface area (TPSA) is 69.7 Å². The smallest absolute Gasteiger partial charge is 0.339 e. The normalized spacial score (nSPS) is 11.5. The van der Waals surface area contributed by atoms with E-state index < -0.39 is 10.1 Å². The molecule has 2 rings (SSSR count). The minimum absolute atomic E-state index is 0.0655. The molecule has 0 radical (unpaired) electrons. The Morgan fingerprint density at radius 1 is 1.04 bits per heavy atom. The fraction of sp³-hybridized carbons (Fsp3) is 0.167. The molecule has 0 saturated carbocycles. The molecular weight excluding hydrogens is 328 g/mol. The Bertz CT molecular complexity index is 865. The minimum atomic E-state index is -3.95. The molecule has 2 aromatic carbocycles. The van der Waals surface area contributed by atoms with Crippen LogP contribution in [0, 0.1) is 6.92 Å². The maximum atomic E-state index is 12.3. The van der Waals surface area contributed by atoms with Crippen LogP contribution in [0.15, 0.2) is 53.4 Å². The van der Waals surface area contributed by atoms with E-state index in [-0.39, 0.29) is 22.2 Å². The minimum Gasteiger partial charge on any atom is -0.493 e. The summed E-state index contributed by atoms with van der Waals surface area (Å²) in [6.45, 7) is 3.31. The third-order valence-electron chi connectivity index (χ3n) is 3.21. The first-order valence-corrected chi connectivity index (χ1v) is 8.60. The first-order chi connectivity index (χ1) is 11.3.